The molecule has 0 fully saturated rings. The molecule has 8 nitrogen and oxygen atoms in total. The first-order valence-electron chi connectivity index (χ1n) is 7.03. The van der Waals surface area contributed by atoms with Gasteiger partial charge in [-0.1, -0.05) is 6.07 Å². The van der Waals surface area contributed by atoms with Crippen LogP contribution in [-0.2, 0) is 14.3 Å². The van der Waals surface area contributed by atoms with Crippen LogP contribution in [0.1, 0.15) is 24.2 Å². The molecule has 2 heterocycles. The summed E-state index contributed by atoms with van der Waals surface area (Å²) in [7, 11) is 0. The zero-order valence-electron chi connectivity index (χ0n) is 13.3. The zero-order valence-corrected chi connectivity index (χ0v) is 15.0. The molecule has 1 atom stereocenters. The van der Waals surface area contributed by atoms with E-state index >= 15 is 0 Å². The quantitative estimate of drug-likeness (QED) is 0.684. The van der Waals surface area contributed by atoms with Crippen molar-refractivity contribution in [1.82, 2.24) is 5.32 Å². The fourth-order valence-electron chi connectivity index (χ4n) is 1.92. The molecule has 0 saturated heterocycles. The molecule has 2 aromatic rings. The molecular formula is C15H15N3O5S2. The van der Waals surface area contributed by atoms with Crippen LogP contribution in [0.2, 0.25) is 0 Å². The number of primary amides is 1. The average molecular weight is 381 g/mol. The Kier molecular flexibility index (Phi) is 5.88. The number of ether oxygens (including phenoxy) is 1. The fraction of sp³-hybridized carbons (Fsp3) is 0.200. The Morgan fingerprint density at radius 2 is 1.96 bits per heavy atom. The van der Waals surface area contributed by atoms with Crippen LogP contribution >= 0.6 is 22.7 Å². The van der Waals surface area contributed by atoms with E-state index in [1.807, 2.05) is 22.8 Å². The van der Waals surface area contributed by atoms with Gasteiger partial charge in [-0.25, -0.2) is 9.59 Å². The van der Waals surface area contributed by atoms with Gasteiger partial charge in [0.15, 0.2) is 6.10 Å². The van der Waals surface area contributed by atoms with Crippen molar-refractivity contribution in [3.8, 4) is 10.4 Å². The molecule has 25 heavy (non-hydrogen) atoms. The van der Waals surface area contributed by atoms with E-state index in [0.29, 0.717) is 10.6 Å². The third kappa shape index (κ3) is 4.64. The van der Waals surface area contributed by atoms with E-state index < -0.39 is 24.0 Å². The number of amides is 4. The number of nitrogens with two attached hydrogens (primary N) is 1. The molecule has 0 bridgehead atoms. The van der Waals surface area contributed by atoms with Gasteiger partial charge < -0.3 is 15.8 Å². The molecule has 10 heteroatoms. The summed E-state index contributed by atoms with van der Waals surface area (Å²) in [5.41, 5.74) is 5.62. The molecule has 0 unspecified atom stereocenters. The molecule has 0 aliphatic heterocycles. The minimum atomic E-state index is -1.23. The molecule has 0 radical (unpaired) electrons. The lowest BCUT2D eigenvalue weighted by Crippen LogP contribution is -2.42. The normalized spacial score (nSPS) is 11.4. The van der Waals surface area contributed by atoms with Crippen LogP contribution in [0, 0.1) is 0 Å². The second-order valence-electron chi connectivity index (χ2n) is 4.91. The monoisotopic (exact) mass is 381 g/mol. The lowest BCUT2D eigenvalue weighted by Gasteiger charge is -2.13. The number of hydrogen-bond acceptors (Lipinski definition) is 7. The first kappa shape index (κ1) is 18.6. The van der Waals surface area contributed by atoms with Crippen molar-refractivity contribution in [1.29, 1.82) is 0 Å². The largest absolute Gasteiger partial charge is 0.449 e. The number of urea groups is 1. The first-order valence-corrected chi connectivity index (χ1v) is 8.79. The van der Waals surface area contributed by atoms with Crippen molar-refractivity contribution in [3.63, 3.8) is 0 Å². The highest BCUT2D eigenvalue weighted by atomic mass is 32.1. The minimum Gasteiger partial charge on any atom is -0.449 e. The molecule has 2 rings (SSSR count). The van der Waals surface area contributed by atoms with Gasteiger partial charge in [0.05, 0.1) is 0 Å². The number of anilines is 1. The van der Waals surface area contributed by atoms with Gasteiger partial charge in [-0.3, -0.25) is 14.9 Å². The van der Waals surface area contributed by atoms with Crippen LogP contribution < -0.4 is 16.4 Å². The molecule has 0 spiro atoms. The van der Waals surface area contributed by atoms with Crippen molar-refractivity contribution in [3.05, 3.63) is 28.5 Å². The van der Waals surface area contributed by atoms with Gasteiger partial charge in [0.2, 0.25) is 5.91 Å². The number of rotatable bonds is 5. The summed E-state index contributed by atoms with van der Waals surface area (Å²) < 4.78 is 5.12. The maximum atomic E-state index is 12.6. The van der Waals surface area contributed by atoms with E-state index in [9.17, 15) is 19.2 Å². The Balaban J connectivity index is 2.30. The summed E-state index contributed by atoms with van der Waals surface area (Å²) in [6, 6.07) is 2.61. The highest BCUT2D eigenvalue weighted by molar-refractivity contribution is 7.17. The van der Waals surface area contributed by atoms with Crippen molar-refractivity contribution in [2.24, 2.45) is 5.73 Å². The Labute approximate surface area is 151 Å². The third-order valence-corrected chi connectivity index (χ3v) is 4.77. The SMILES string of the molecule is CC(=O)Nc1scc(-c2cccs2)c1C(=O)O[C@H](C)C(=O)NC(N)=O. The lowest BCUT2D eigenvalue weighted by atomic mass is 10.1. The fourth-order valence-corrected chi connectivity index (χ4v) is 3.74. The van der Waals surface area contributed by atoms with Crippen molar-refractivity contribution >= 4 is 51.5 Å². The third-order valence-electron chi connectivity index (χ3n) is 2.97. The van der Waals surface area contributed by atoms with Gasteiger partial charge in [-0.15, -0.1) is 22.7 Å². The number of carbonyl (C=O) groups excluding carboxylic acids is 4. The number of hydrogen-bond donors (Lipinski definition) is 3. The van der Waals surface area contributed by atoms with E-state index in [1.165, 1.54) is 36.5 Å². The Morgan fingerprint density at radius 3 is 2.52 bits per heavy atom. The van der Waals surface area contributed by atoms with Crippen molar-refractivity contribution in [2.45, 2.75) is 20.0 Å². The summed E-state index contributed by atoms with van der Waals surface area (Å²) in [6.45, 7) is 2.63. The van der Waals surface area contributed by atoms with Crippen molar-refractivity contribution in [2.75, 3.05) is 5.32 Å². The predicted octanol–water partition coefficient (Wildman–Crippen LogP) is 2.18. The van der Waals surface area contributed by atoms with Gasteiger partial charge in [0.25, 0.3) is 5.91 Å². The predicted molar refractivity (Wildman–Crippen MR) is 94.5 cm³/mol. The maximum absolute atomic E-state index is 12.6. The summed E-state index contributed by atoms with van der Waals surface area (Å²) in [5, 5.41) is 8.32. The van der Waals surface area contributed by atoms with Crippen LogP contribution in [0.25, 0.3) is 10.4 Å². The number of nitrogens with one attached hydrogen (secondary N) is 2. The lowest BCUT2D eigenvalue weighted by molar-refractivity contribution is -0.127. The van der Waals surface area contributed by atoms with Crippen molar-refractivity contribution < 1.29 is 23.9 Å². The molecule has 0 saturated carbocycles. The molecule has 2 aromatic heterocycles. The highest BCUT2D eigenvalue weighted by Crippen LogP contribution is 2.38. The number of carbonyl (C=O) groups is 4. The van der Waals surface area contributed by atoms with E-state index in [4.69, 9.17) is 10.5 Å². The summed E-state index contributed by atoms with van der Waals surface area (Å²) in [6.07, 6.45) is -1.23. The van der Waals surface area contributed by atoms with Crippen LogP contribution in [0.4, 0.5) is 9.80 Å². The highest BCUT2D eigenvalue weighted by Gasteiger charge is 2.26. The van der Waals surface area contributed by atoms with Gasteiger partial charge >= 0.3 is 12.0 Å². The summed E-state index contributed by atoms with van der Waals surface area (Å²) in [4.78, 5) is 47.1. The van der Waals surface area contributed by atoms with Crippen LogP contribution in [-0.4, -0.2) is 29.9 Å². The molecular weight excluding hydrogens is 366 g/mol. The Morgan fingerprint density at radius 1 is 1.24 bits per heavy atom. The minimum absolute atomic E-state index is 0.154. The average Bonchev–Trinajstić information content (AvgIpc) is 3.14. The molecule has 0 aliphatic carbocycles. The topological polar surface area (TPSA) is 128 Å². The number of imide groups is 1. The van der Waals surface area contributed by atoms with E-state index in [-0.39, 0.29) is 11.5 Å². The Bertz CT molecular complexity index is 813. The number of esters is 1. The van der Waals surface area contributed by atoms with E-state index in [2.05, 4.69) is 5.32 Å². The molecule has 132 valence electrons. The molecule has 4 amide bonds. The van der Waals surface area contributed by atoms with Crippen LogP contribution in [0.3, 0.4) is 0 Å². The smallest absolute Gasteiger partial charge is 0.342 e. The van der Waals surface area contributed by atoms with Gasteiger partial charge in [0.1, 0.15) is 10.6 Å². The van der Waals surface area contributed by atoms with Crippen LogP contribution in [0.5, 0.6) is 0 Å². The summed E-state index contributed by atoms with van der Waals surface area (Å²) >= 11 is 2.60. The van der Waals surface area contributed by atoms with E-state index in [1.54, 1.807) is 5.38 Å². The second-order valence-corrected chi connectivity index (χ2v) is 6.74. The summed E-state index contributed by atoms with van der Waals surface area (Å²) in [5.74, 6) is -1.97. The standard InChI is InChI=1S/C15H15N3O5S2/c1-7(12(20)18-15(16)22)23-14(21)11-9(10-4-3-5-24-10)6-25-13(11)17-8(2)19/h3-7H,1-2H3,(H,17,19)(H3,16,18,20,22)/t7-/m1/s1. The molecule has 0 aliphatic rings. The van der Waals surface area contributed by atoms with Gasteiger partial charge in [-0.05, 0) is 18.4 Å². The number of thiophene rings is 2. The van der Waals surface area contributed by atoms with E-state index in [0.717, 1.165) is 4.88 Å². The van der Waals surface area contributed by atoms with Gasteiger partial charge in [-0.2, -0.15) is 0 Å². The van der Waals surface area contributed by atoms with Crippen LogP contribution in [0.15, 0.2) is 22.9 Å². The second kappa shape index (κ2) is 7.90. The van der Waals surface area contributed by atoms with Gasteiger partial charge in [0, 0.05) is 22.7 Å². The molecule has 0 aromatic carbocycles. The maximum Gasteiger partial charge on any atom is 0.342 e. The zero-order chi connectivity index (χ0) is 18.6. The molecule has 4 N–H and O–H groups in total. The Hall–Kier alpha value is -2.72. The first-order chi connectivity index (χ1) is 11.8.